The molecule has 1 aliphatic heterocycles. The molecule has 0 spiro atoms. The zero-order valence-corrected chi connectivity index (χ0v) is 12.0. The van der Waals surface area contributed by atoms with Gasteiger partial charge in [0.1, 0.15) is 0 Å². The lowest BCUT2D eigenvalue weighted by atomic mass is 9.90. The minimum absolute atomic E-state index is 0.508. The smallest absolute Gasteiger partial charge is 0.0113 e. The van der Waals surface area contributed by atoms with E-state index in [0.717, 1.165) is 6.04 Å². The minimum Gasteiger partial charge on any atom is -0.301 e. The fourth-order valence-corrected chi connectivity index (χ4v) is 2.94. The predicted octanol–water partition coefficient (Wildman–Crippen LogP) is 2.98. The molecule has 2 fully saturated rings. The summed E-state index contributed by atoms with van der Waals surface area (Å²) in [6.07, 6.45) is 7.12. The number of nitrogens with zero attached hydrogens (tertiary/aromatic N) is 2. The van der Waals surface area contributed by atoms with Crippen LogP contribution in [0.1, 0.15) is 52.9 Å². The van der Waals surface area contributed by atoms with E-state index in [1.807, 2.05) is 0 Å². The van der Waals surface area contributed by atoms with Crippen molar-refractivity contribution in [1.82, 2.24) is 9.80 Å². The van der Waals surface area contributed by atoms with Crippen LogP contribution in [-0.2, 0) is 0 Å². The van der Waals surface area contributed by atoms with Crippen molar-refractivity contribution in [2.24, 2.45) is 5.41 Å². The van der Waals surface area contributed by atoms with Crippen LogP contribution in [0.3, 0.4) is 0 Å². The van der Waals surface area contributed by atoms with Gasteiger partial charge in [-0.25, -0.2) is 0 Å². The molecule has 0 atom stereocenters. The Kier molecular flexibility index (Phi) is 4.48. The number of rotatable bonds is 4. The Balaban J connectivity index is 1.58. The summed E-state index contributed by atoms with van der Waals surface area (Å²) in [4.78, 5) is 5.39. The van der Waals surface area contributed by atoms with Crippen LogP contribution in [0.4, 0.5) is 0 Å². The molecule has 0 N–H and O–H groups in total. The zero-order valence-electron chi connectivity index (χ0n) is 12.0. The Hall–Kier alpha value is -0.0800. The molecule has 2 nitrogen and oxygen atoms in total. The van der Waals surface area contributed by atoms with E-state index in [-0.39, 0.29) is 0 Å². The maximum absolute atomic E-state index is 2.73. The minimum atomic E-state index is 0.508. The van der Waals surface area contributed by atoms with Gasteiger partial charge in [-0.15, -0.1) is 0 Å². The molecular weight excluding hydrogens is 208 g/mol. The van der Waals surface area contributed by atoms with Crippen LogP contribution in [0, 0.1) is 5.41 Å². The number of hydrogen-bond acceptors (Lipinski definition) is 2. The Morgan fingerprint density at radius 1 is 1.00 bits per heavy atom. The topological polar surface area (TPSA) is 6.48 Å². The lowest BCUT2D eigenvalue weighted by Gasteiger charge is -2.43. The van der Waals surface area contributed by atoms with Crippen molar-refractivity contribution in [2.75, 3.05) is 32.7 Å². The molecule has 0 aromatic heterocycles. The van der Waals surface area contributed by atoms with Crippen molar-refractivity contribution >= 4 is 0 Å². The van der Waals surface area contributed by atoms with E-state index in [1.165, 1.54) is 64.8 Å². The largest absolute Gasteiger partial charge is 0.301 e. The van der Waals surface area contributed by atoms with Gasteiger partial charge < -0.3 is 4.90 Å². The zero-order chi connectivity index (χ0) is 12.3. The molecule has 2 heteroatoms. The van der Waals surface area contributed by atoms with Crippen molar-refractivity contribution in [3.8, 4) is 0 Å². The summed E-state index contributed by atoms with van der Waals surface area (Å²) in [6, 6.07) is 0.951. The molecule has 2 rings (SSSR count). The Morgan fingerprint density at radius 3 is 2.12 bits per heavy atom. The van der Waals surface area contributed by atoms with Gasteiger partial charge in [-0.1, -0.05) is 27.2 Å². The average Bonchev–Trinajstić information content (AvgIpc) is 2.16. The summed E-state index contributed by atoms with van der Waals surface area (Å²) in [5, 5.41) is 0. The van der Waals surface area contributed by atoms with Gasteiger partial charge in [0.2, 0.25) is 0 Å². The van der Waals surface area contributed by atoms with Crippen LogP contribution in [0.15, 0.2) is 0 Å². The molecule has 1 heterocycles. The highest BCUT2D eigenvalue weighted by Gasteiger charge is 2.27. The van der Waals surface area contributed by atoms with Crippen LogP contribution >= 0.6 is 0 Å². The van der Waals surface area contributed by atoms with Gasteiger partial charge in [0, 0.05) is 32.2 Å². The van der Waals surface area contributed by atoms with Gasteiger partial charge in [0.15, 0.2) is 0 Å². The third kappa shape index (κ3) is 4.26. The van der Waals surface area contributed by atoms with Crippen LogP contribution in [0.25, 0.3) is 0 Å². The van der Waals surface area contributed by atoms with Gasteiger partial charge >= 0.3 is 0 Å². The third-order valence-corrected chi connectivity index (χ3v) is 4.40. The quantitative estimate of drug-likeness (QED) is 0.743. The number of hydrogen-bond donors (Lipinski definition) is 0. The lowest BCUT2D eigenvalue weighted by Crippen LogP contribution is -2.52. The van der Waals surface area contributed by atoms with E-state index in [0.29, 0.717) is 5.41 Å². The summed E-state index contributed by atoms with van der Waals surface area (Å²) >= 11 is 0. The summed E-state index contributed by atoms with van der Waals surface area (Å²) in [7, 11) is 0. The summed E-state index contributed by atoms with van der Waals surface area (Å²) in [6.45, 7) is 13.6. The third-order valence-electron chi connectivity index (χ3n) is 4.40. The monoisotopic (exact) mass is 238 g/mol. The normalized spacial score (nSPS) is 24.9. The summed E-state index contributed by atoms with van der Waals surface area (Å²) in [5.41, 5.74) is 0.508. The first-order valence-electron chi connectivity index (χ1n) is 7.51. The van der Waals surface area contributed by atoms with Crippen molar-refractivity contribution in [3.05, 3.63) is 0 Å². The van der Waals surface area contributed by atoms with Crippen molar-refractivity contribution in [2.45, 2.75) is 58.9 Å². The highest BCUT2D eigenvalue weighted by molar-refractivity contribution is 4.83. The van der Waals surface area contributed by atoms with Crippen LogP contribution < -0.4 is 0 Å². The molecule has 0 radical (unpaired) electrons. The highest BCUT2D eigenvalue weighted by atomic mass is 15.3. The first-order valence-corrected chi connectivity index (χ1v) is 7.51. The molecular formula is C15H30N2. The maximum Gasteiger partial charge on any atom is 0.0113 e. The van der Waals surface area contributed by atoms with E-state index < -0.39 is 0 Å². The molecule has 1 saturated heterocycles. The summed E-state index contributed by atoms with van der Waals surface area (Å²) in [5.74, 6) is 0. The van der Waals surface area contributed by atoms with Gasteiger partial charge in [0.05, 0.1) is 0 Å². The van der Waals surface area contributed by atoms with E-state index in [1.54, 1.807) is 0 Å². The van der Waals surface area contributed by atoms with Crippen molar-refractivity contribution < 1.29 is 0 Å². The van der Waals surface area contributed by atoms with Gasteiger partial charge in [-0.2, -0.15) is 0 Å². The Morgan fingerprint density at radius 2 is 1.65 bits per heavy atom. The van der Waals surface area contributed by atoms with Gasteiger partial charge in [-0.05, 0) is 37.6 Å². The first-order chi connectivity index (χ1) is 8.04. The molecule has 100 valence electrons. The second kappa shape index (κ2) is 5.71. The second-order valence-electron chi connectivity index (χ2n) is 7.13. The van der Waals surface area contributed by atoms with Gasteiger partial charge in [-0.3, -0.25) is 4.90 Å². The molecule has 17 heavy (non-hydrogen) atoms. The van der Waals surface area contributed by atoms with Gasteiger partial charge in [0.25, 0.3) is 0 Å². The van der Waals surface area contributed by atoms with Crippen LogP contribution in [0.5, 0.6) is 0 Å². The Bertz CT molecular complexity index is 220. The maximum atomic E-state index is 2.73. The van der Waals surface area contributed by atoms with Crippen LogP contribution in [0.2, 0.25) is 0 Å². The van der Waals surface area contributed by atoms with Crippen molar-refractivity contribution in [1.29, 1.82) is 0 Å². The molecule has 0 aromatic rings. The molecule has 0 bridgehead atoms. The summed E-state index contributed by atoms with van der Waals surface area (Å²) < 4.78 is 0. The molecule has 0 aromatic carbocycles. The standard InChI is InChI=1S/C15H30N2/c1-15(2,3)8-5-9-16-10-12-17(13-11-16)14-6-4-7-14/h14H,4-13H2,1-3H3. The molecule has 1 saturated carbocycles. The molecule has 0 amide bonds. The lowest BCUT2D eigenvalue weighted by molar-refractivity contribution is 0.0601. The Labute approximate surface area is 107 Å². The molecule has 2 aliphatic rings. The van der Waals surface area contributed by atoms with Crippen molar-refractivity contribution in [3.63, 3.8) is 0 Å². The van der Waals surface area contributed by atoms with E-state index in [9.17, 15) is 0 Å². The SMILES string of the molecule is CC(C)(C)CCCN1CCN(C2CCC2)CC1. The fourth-order valence-electron chi connectivity index (χ4n) is 2.94. The van der Waals surface area contributed by atoms with E-state index in [4.69, 9.17) is 0 Å². The van der Waals surface area contributed by atoms with E-state index >= 15 is 0 Å². The molecule has 1 aliphatic carbocycles. The fraction of sp³-hybridized carbons (Fsp3) is 1.00. The van der Waals surface area contributed by atoms with E-state index in [2.05, 4.69) is 30.6 Å². The predicted molar refractivity (Wildman–Crippen MR) is 74.3 cm³/mol. The highest BCUT2D eigenvalue weighted by Crippen LogP contribution is 2.26. The second-order valence-corrected chi connectivity index (χ2v) is 7.13. The number of piperazine rings is 1. The molecule has 0 unspecified atom stereocenters. The average molecular weight is 238 g/mol. The van der Waals surface area contributed by atoms with Crippen LogP contribution in [-0.4, -0.2) is 48.6 Å². The first kappa shape index (κ1) is 13.4.